The van der Waals surface area contributed by atoms with E-state index >= 15 is 0 Å². The molecule has 0 amide bonds. The number of nitro benzene ring substituents is 1. The Hall–Kier alpha value is -1.99. The van der Waals surface area contributed by atoms with Crippen molar-refractivity contribution in [3.8, 4) is 11.8 Å². The molecule has 0 aliphatic rings. The van der Waals surface area contributed by atoms with Crippen molar-refractivity contribution < 1.29 is 9.66 Å². The average molecular weight is 301 g/mol. The SMILES string of the molecule is Cc1c(Oc2nc(Cl)nc(Cl)n2)cccc1[N+](=O)[O-]. The largest absolute Gasteiger partial charge is 0.424 e. The molecule has 0 fully saturated rings. The van der Waals surface area contributed by atoms with Crippen molar-refractivity contribution in [2.24, 2.45) is 0 Å². The van der Waals surface area contributed by atoms with Crippen LogP contribution in [0, 0.1) is 17.0 Å². The van der Waals surface area contributed by atoms with Gasteiger partial charge in [-0.2, -0.15) is 15.0 Å². The van der Waals surface area contributed by atoms with Crippen molar-refractivity contribution in [3.05, 3.63) is 44.4 Å². The van der Waals surface area contributed by atoms with E-state index in [-0.39, 0.29) is 28.0 Å². The molecule has 1 heterocycles. The van der Waals surface area contributed by atoms with E-state index in [1.165, 1.54) is 12.1 Å². The molecule has 0 atom stereocenters. The standard InChI is InChI=1S/C10H6Cl2N4O3/c1-5-6(16(17)18)3-2-4-7(5)19-10-14-8(11)13-9(12)15-10/h2-4H,1H3. The van der Waals surface area contributed by atoms with E-state index in [1.807, 2.05) is 0 Å². The van der Waals surface area contributed by atoms with Crippen LogP contribution in [0.25, 0.3) is 0 Å². The summed E-state index contributed by atoms with van der Waals surface area (Å²) in [4.78, 5) is 21.3. The molecule has 1 aromatic heterocycles. The fourth-order valence-corrected chi connectivity index (χ4v) is 1.71. The Kier molecular flexibility index (Phi) is 3.77. The molecule has 0 unspecified atom stereocenters. The molecule has 0 saturated heterocycles. The van der Waals surface area contributed by atoms with E-state index in [0.717, 1.165) is 0 Å². The zero-order valence-electron chi connectivity index (χ0n) is 9.50. The number of aromatic nitrogens is 3. The lowest BCUT2D eigenvalue weighted by Gasteiger charge is -2.07. The van der Waals surface area contributed by atoms with Gasteiger partial charge in [-0.25, -0.2) is 0 Å². The smallest absolute Gasteiger partial charge is 0.327 e. The Labute approximate surface area is 117 Å². The van der Waals surface area contributed by atoms with Crippen LogP contribution in [0.4, 0.5) is 5.69 Å². The van der Waals surface area contributed by atoms with Gasteiger partial charge in [-0.05, 0) is 36.2 Å². The van der Waals surface area contributed by atoms with Gasteiger partial charge in [0.15, 0.2) is 0 Å². The molecule has 0 radical (unpaired) electrons. The molecule has 0 N–H and O–H groups in total. The van der Waals surface area contributed by atoms with Crippen molar-refractivity contribution in [1.82, 2.24) is 15.0 Å². The summed E-state index contributed by atoms with van der Waals surface area (Å²) in [6, 6.07) is 4.28. The quantitative estimate of drug-likeness (QED) is 0.638. The van der Waals surface area contributed by atoms with Crippen LogP contribution < -0.4 is 4.74 Å². The third kappa shape index (κ3) is 3.07. The van der Waals surface area contributed by atoms with Crippen molar-refractivity contribution in [2.75, 3.05) is 0 Å². The maximum absolute atomic E-state index is 10.8. The van der Waals surface area contributed by atoms with E-state index in [0.29, 0.717) is 5.56 Å². The summed E-state index contributed by atoms with van der Waals surface area (Å²) >= 11 is 11.2. The fraction of sp³-hybridized carbons (Fsp3) is 0.100. The Morgan fingerprint density at radius 1 is 1.21 bits per heavy atom. The molecule has 0 aliphatic carbocycles. The van der Waals surface area contributed by atoms with Gasteiger partial charge in [0, 0.05) is 6.07 Å². The summed E-state index contributed by atoms with van der Waals surface area (Å²) in [7, 11) is 0. The van der Waals surface area contributed by atoms with Crippen LogP contribution in [-0.2, 0) is 0 Å². The highest BCUT2D eigenvalue weighted by molar-refractivity contribution is 6.31. The molecule has 1 aromatic carbocycles. The molecule has 0 saturated carbocycles. The van der Waals surface area contributed by atoms with Crippen LogP contribution >= 0.6 is 23.2 Å². The van der Waals surface area contributed by atoms with Gasteiger partial charge < -0.3 is 4.74 Å². The van der Waals surface area contributed by atoms with Crippen LogP contribution in [-0.4, -0.2) is 19.9 Å². The second-order valence-electron chi connectivity index (χ2n) is 3.42. The maximum Gasteiger partial charge on any atom is 0.327 e. The Morgan fingerprint density at radius 3 is 2.42 bits per heavy atom. The molecule has 0 aliphatic heterocycles. The average Bonchev–Trinajstić information content (AvgIpc) is 2.30. The van der Waals surface area contributed by atoms with Crippen LogP contribution in [0.1, 0.15) is 5.56 Å². The van der Waals surface area contributed by atoms with Gasteiger partial charge in [-0.1, -0.05) is 6.07 Å². The summed E-state index contributed by atoms with van der Waals surface area (Å²) in [5.74, 6) is 0.243. The summed E-state index contributed by atoms with van der Waals surface area (Å²) in [6.45, 7) is 1.55. The number of halogens is 2. The Balaban J connectivity index is 2.38. The molecule has 19 heavy (non-hydrogen) atoms. The van der Waals surface area contributed by atoms with Gasteiger partial charge >= 0.3 is 6.01 Å². The van der Waals surface area contributed by atoms with Gasteiger partial charge in [0.05, 0.1) is 10.5 Å². The number of nitro groups is 1. The van der Waals surface area contributed by atoms with E-state index in [2.05, 4.69) is 15.0 Å². The van der Waals surface area contributed by atoms with Gasteiger partial charge in [0.2, 0.25) is 10.6 Å². The lowest BCUT2D eigenvalue weighted by Crippen LogP contribution is -1.98. The minimum Gasteiger partial charge on any atom is -0.424 e. The lowest BCUT2D eigenvalue weighted by atomic mass is 10.2. The molecule has 2 rings (SSSR count). The summed E-state index contributed by atoms with van der Waals surface area (Å²) < 4.78 is 5.33. The van der Waals surface area contributed by atoms with E-state index in [1.54, 1.807) is 13.0 Å². The van der Waals surface area contributed by atoms with Crippen molar-refractivity contribution in [1.29, 1.82) is 0 Å². The molecule has 7 nitrogen and oxygen atoms in total. The highest BCUT2D eigenvalue weighted by Crippen LogP contribution is 2.29. The number of nitrogens with zero attached hydrogens (tertiary/aromatic N) is 4. The molecular weight excluding hydrogens is 295 g/mol. The predicted octanol–water partition coefficient (Wildman–Crippen LogP) is 3.19. The van der Waals surface area contributed by atoms with Crippen LogP contribution in [0.5, 0.6) is 11.8 Å². The minimum atomic E-state index is -0.504. The topological polar surface area (TPSA) is 91.0 Å². The number of benzene rings is 1. The first-order valence-electron chi connectivity index (χ1n) is 4.96. The normalized spacial score (nSPS) is 10.3. The van der Waals surface area contributed by atoms with Crippen molar-refractivity contribution in [3.63, 3.8) is 0 Å². The summed E-state index contributed by atoms with van der Waals surface area (Å²) in [5.41, 5.74) is 0.281. The first-order valence-corrected chi connectivity index (χ1v) is 5.72. The number of ether oxygens (including phenoxy) is 1. The Bertz CT molecular complexity index is 630. The van der Waals surface area contributed by atoms with Crippen molar-refractivity contribution >= 4 is 28.9 Å². The fourth-order valence-electron chi connectivity index (χ4n) is 1.36. The summed E-state index contributed by atoms with van der Waals surface area (Å²) in [6.07, 6.45) is 0. The van der Waals surface area contributed by atoms with Gasteiger partial charge in [-0.3, -0.25) is 10.1 Å². The number of hydrogen-bond donors (Lipinski definition) is 0. The van der Waals surface area contributed by atoms with E-state index in [4.69, 9.17) is 27.9 Å². The highest BCUT2D eigenvalue weighted by Gasteiger charge is 2.16. The number of hydrogen-bond acceptors (Lipinski definition) is 6. The van der Waals surface area contributed by atoms with Crippen LogP contribution in [0.2, 0.25) is 10.6 Å². The minimum absolute atomic E-state index is 0.0660. The lowest BCUT2D eigenvalue weighted by molar-refractivity contribution is -0.385. The molecule has 0 spiro atoms. The first kappa shape index (κ1) is 13.4. The van der Waals surface area contributed by atoms with Crippen molar-refractivity contribution in [2.45, 2.75) is 6.92 Å². The van der Waals surface area contributed by atoms with Crippen LogP contribution in [0.3, 0.4) is 0 Å². The van der Waals surface area contributed by atoms with Gasteiger partial charge in [-0.15, -0.1) is 0 Å². The first-order chi connectivity index (χ1) is 8.97. The predicted molar refractivity (Wildman–Crippen MR) is 67.8 cm³/mol. The molecule has 9 heteroatoms. The monoisotopic (exact) mass is 300 g/mol. The van der Waals surface area contributed by atoms with E-state index in [9.17, 15) is 10.1 Å². The third-order valence-corrected chi connectivity index (χ3v) is 2.55. The molecule has 0 bridgehead atoms. The summed E-state index contributed by atoms with van der Waals surface area (Å²) in [5, 5.41) is 10.5. The highest BCUT2D eigenvalue weighted by atomic mass is 35.5. The molecule has 98 valence electrons. The zero-order chi connectivity index (χ0) is 14.0. The molecule has 2 aromatic rings. The third-order valence-electron chi connectivity index (χ3n) is 2.21. The molecular formula is C10H6Cl2N4O3. The Morgan fingerprint density at radius 2 is 1.84 bits per heavy atom. The number of rotatable bonds is 3. The van der Waals surface area contributed by atoms with E-state index < -0.39 is 4.92 Å². The maximum atomic E-state index is 10.8. The van der Waals surface area contributed by atoms with Crippen LogP contribution in [0.15, 0.2) is 18.2 Å². The second kappa shape index (κ2) is 5.33. The van der Waals surface area contributed by atoms with Gasteiger partial charge in [0.1, 0.15) is 5.75 Å². The second-order valence-corrected chi connectivity index (χ2v) is 4.09. The van der Waals surface area contributed by atoms with Gasteiger partial charge in [0.25, 0.3) is 5.69 Å². The zero-order valence-corrected chi connectivity index (χ0v) is 11.0.